The maximum absolute atomic E-state index is 12.2. The van der Waals surface area contributed by atoms with E-state index in [1.54, 1.807) is 14.0 Å². The number of aliphatic hydroxyl groups excluding tert-OH is 1. The number of benzene rings is 1. The van der Waals surface area contributed by atoms with E-state index in [0.29, 0.717) is 25.3 Å². The van der Waals surface area contributed by atoms with Crippen LogP contribution in [-0.4, -0.2) is 52.4 Å². The fourth-order valence-corrected chi connectivity index (χ4v) is 3.19. The van der Waals surface area contributed by atoms with E-state index in [2.05, 4.69) is 15.3 Å². The van der Waals surface area contributed by atoms with Gasteiger partial charge in [-0.05, 0) is 31.0 Å². The van der Waals surface area contributed by atoms with Gasteiger partial charge in [-0.3, -0.25) is 14.4 Å². The third kappa shape index (κ3) is 4.42. The lowest BCUT2D eigenvalue weighted by Crippen LogP contribution is -2.41. The molecule has 1 aliphatic heterocycles. The number of hydrogen-bond acceptors (Lipinski definition) is 5. The summed E-state index contributed by atoms with van der Waals surface area (Å²) in [6.07, 6.45) is 0.167. The molecule has 0 unspecified atom stereocenters. The number of fused-ring (bicyclic) bond motifs is 1. The number of methoxy groups -OCH3 is 1. The van der Waals surface area contributed by atoms with Gasteiger partial charge in [0.25, 0.3) is 0 Å². The first-order valence-corrected chi connectivity index (χ1v) is 8.92. The van der Waals surface area contributed by atoms with Crippen LogP contribution in [0.1, 0.15) is 30.0 Å². The Balaban J connectivity index is 1.46. The normalized spacial score (nSPS) is 15.3. The molecule has 1 aliphatic rings. The Hall–Kier alpha value is -2.38. The number of ether oxygens (including phenoxy) is 1. The number of para-hydroxylation sites is 1. The van der Waals surface area contributed by atoms with Crippen LogP contribution < -0.4 is 10.1 Å². The molecule has 1 amide bonds. The average molecular weight is 358 g/mol. The summed E-state index contributed by atoms with van der Waals surface area (Å²) in [7, 11) is 1.65. The predicted molar refractivity (Wildman–Crippen MR) is 97.8 cm³/mol. The van der Waals surface area contributed by atoms with Gasteiger partial charge in [0.05, 0.1) is 37.7 Å². The molecule has 140 valence electrons. The Morgan fingerprint density at radius 3 is 2.96 bits per heavy atom. The third-order valence-electron chi connectivity index (χ3n) is 4.60. The van der Waals surface area contributed by atoms with Crippen molar-refractivity contribution in [3.63, 3.8) is 0 Å². The lowest BCUT2D eigenvalue weighted by atomic mass is 10.1. The number of hydrogen-bond donors (Lipinski definition) is 2. The van der Waals surface area contributed by atoms with Gasteiger partial charge in [0.2, 0.25) is 5.91 Å². The van der Waals surface area contributed by atoms with E-state index in [1.165, 1.54) is 0 Å². The van der Waals surface area contributed by atoms with Crippen molar-refractivity contribution in [3.05, 3.63) is 47.3 Å². The fourth-order valence-electron chi connectivity index (χ4n) is 3.19. The fraction of sp³-hybridized carbons (Fsp3) is 0.474. The summed E-state index contributed by atoms with van der Waals surface area (Å²) in [5.41, 5.74) is 2.81. The van der Waals surface area contributed by atoms with Crippen LogP contribution in [0.5, 0.6) is 5.75 Å². The van der Waals surface area contributed by atoms with Gasteiger partial charge in [-0.15, -0.1) is 0 Å². The van der Waals surface area contributed by atoms with Gasteiger partial charge in [0.1, 0.15) is 5.75 Å². The lowest BCUT2D eigenvalue weighted by Gasteiger charge is -2.26. The van der Waals surface area contributed by atoms with E-state index in [-0.39, 0.29) is 5.91 Å². The van der Waals surface area contributed by atoms with E-state index in [1.807, 2.05) is 35.0 Å². The summed E-state index contributed by atoms with van der Waals surface area (Å²) in [5.74, 6) is 0.864. The maximum Gasteiger partial charge on any atom is 0.234 e. The zero-order chi connectivity index (χ0) is 18.5. The molecule has 0 fully saturated rings. The number of carbonyl (C=O) groups excluding carboxylic acids is 1. The lowest BCUT2D eigenvalue weighted by molar-refractivity contribution is -0.122. The summed E-state index contributed by atoms with van der Waals surface area (Å²) in [6.45, 7) is 4.82. The highest BCUT2D eigenvalue weighted by Gasteiger charge is 2.21. The van der Waals surface area contributed by atoms with Crippen LogP contribution in [0, 0.1) is 0 Å². The van der Waals surface area contributed by atoms with Gasteiger partial charge in [0, 0.05) is 19.6 Å². The molecule has 0 aliphatic carbocycles. The van der Waals surface area contributed by atoms with Crippen molar-refractivity contribution in [3.8, 4) is 5.75 Å². The van der Waals surface area contributed by atoms with Crippen LogP contribution >= 0.6 is 0 Å². The Morgan fingerprint density at radius 1 is 1.38 bits per heavy atom. The van der Waals surface area contributed by atoms with Crippen molar-refractivity contribution in [2.45, 2.75) is 32.5 Å². The molecular formula is C19H26N4O3. The number of nitrogens with one attached hydrogen (secondary N) is 1. The Labute approximate surface area is 153 Å². The Kier molecular flexibility index (Phi) is 5.90. The summed E-state index contributed by atoms with van der Waals surface area (Å²) in [6, 6.07) is 9.76. The second-order valence-corrected chi connectivity index (χ2v) is 6.58. The monoisotopic (exact) mass is 358 g/mol. The molecule has 26 heavy (non-hydrogen) atoms. The SMILES string of the molecule is COc1ccccc1CCNC(=O)CN1CCn2nc([C@@H](C)O)cc2C1. The van der Waals surface area contributed by atoms with Crippen LogP contribution in [0.15, 0.2) is 30.3 Å². The minimum atomic E-state index is -0.570. The molecule has 2 heterocycles. The maximum atomic E-state index is 12.2. The molecule has 7 nitrogen and oxygen atoms in total. The molecule has 0 radical (unpaired) electrons. The first-order valence-electron chi connectivity index (χ1n) is 8.92. The molecule has 1 atom stereocenters. The molecule has 2 N–H and O–H groups in total. The number of nitrogens with zero attached hydrogens (tertiary/aromatic N) is 3. The molecule has 3 rings (SSSR count). The molecule has 2 aromatic rings. The molecule has 1 aromatic carbocycles. The topological polar surface area (TPSA) is 79.6 Å². The smallest absolute Gasteiger partial charge is 0.234 e. The van der Waals surface area contributed by atoms with E-state index < -0.39 is 6.10 Å². The molecular weight excluding hydrogens is 332 g/mol. The van der Waals surface area contributed by atoms with Gasteiger partial charge < -0.3 is 15.2 Å². The Bertz CT molecular complexity index is 757. The molecule has 1 aromatic heterocycles. The van der Waals surface area contributed by atoms with E-state index in [9.17, 15) is 9.90 Å². The minimum absolute atomic E-state index is 0.0172. The number of aliphatic hydroxyl groups is 1. The highest BCUT2D eigenvalue weighted by Crippen LogP contribution is 2.18. The van der Waals surface area contributed by atoms with Crippen LogP contribution in [0.4, 0.5) is 0 Å². The standard InChI is InChI=1S/C19H26N4O3/c1-14(24)17-11-16-12-22(9-10-23(16)21-17)13-19(25)20-8-7-15-5-3-4-6-18(15)26-2/h3-6,11,14,24H,7-10,12-13H2,1-2H3,(H,20,25)/t14-/m1/s1. The van der Waals surface area contributed by atoms with Gasteiger partial charge in [-0.1, -0.05) is 18.2 Å². The van der Waals surface area contributed by atoms with Crippen LogP contribution in [0.3, 0.4) is 0 Å². The molecule has 0 saturated carbocycles. The van der Waals surface area contributed by atoms with Gasteiger partial charge in [-0.2, -0.15) is 5.10 Å². The van der Waals surface area contributed by atoms with Crippen molar-refractivity contribution in [2.24, 2.45) is 0 Å². The van der Waals surface area contributed by atoms with Gasteiger partial charge in [-0.25, -0.2) is 0 Å². The number of carbonyl (C=O) groups is 1. The molecule has 7 heteroatoms. The third-order valence-corrected chi connectivity index (χ3v) is 4.60. The average Bonchev–Trinajstić information content (AvgIpc) is 3.06. The summed E-state index contributed by atoms with van der Waals surface area (Å²) >= 11 is 0. The minimum Gasteiger partial charge on any atom is -0.496 e. The van der Waals surface area contributed by atoms with Gasteiger partial charge >= 0.3 is 0 Å². The molecule has 0 bridgehead atoms. The number of amides is 1. The van der Waals surface area contributed by atoms with Crippen molar-refractivity contribution in [1.29, 1.82) is 0 Å². The van der Waals surface area contributed by atoms with E-state index >= 15 is 0 Å². The van der Waals surface area contributed by atoms with Crippen molar-refractivity contribution >= 4 is 5.91 Å². The summed E-state index contributed by atoms with van der Waals surface area (Å²) < 4.78 is 7.24. The second-order valence-electron chi connectivity index (χ2n) is 6.58. The van der Waals surface area contributed by atoms with Crippen molar-refractivity contribution in [1.82, 2.24) is 20.0 Å². The number of aromatic nitrogens is 2. The zero-order valence-electron chi connectivity index (χ0n) is 15.3. The van der Waals surface area contributed by atoms with Crippen LogP contribution in [0.25, 0.3) is 0 Å². The summed E-state index contributed by atoms with van der Waals surface area (Å²) in [4.78, 5) is 14.3. The van der Waals surface area contributed by atoms with E-state index in [4.69, 9.17) is 4.74 Å². The molecule has 0 spiro atoms. The van der Waals surface area contributed by atoms with Gasteiger partial charge in [0.15, 0.2) is 0 Å². The number of rotatable bonds is 7. The van der Waals surface area contributed by atoms with E-state index in [0.717, 1.165) is 36.5 Å². The predicted octanol–water partition coefficient (Wildman–Crippen LogP) is 1.12. The summed E-state index contributed by atoms with van der Waals surface area (Å²) in [5, 5.41) is 17.0. The van der Waals surface area contributed by atoms with Crippen LogP contribution in [-0.2, 0) is 24.3 Å². The van der Waals surface area contributed by atoms with Crippen LogP contribution in [0.2, 0.25) is 0 Å². The molecule has 0 saturated heterocycles. The second kappa shape index (κ2) is 8.33. The first-order chi connectivity index (χ1) is 12.6. The van der Waals surface area contributed by atoms with Crippen molar-refractivity contribution < 1.29 is 14.6 Å². The largest absolute Gasteiger partial charge is 0.496 e. The zero-order valence-corrected chi connectivity index (χ0v) is 15.3. The quantitative estimate of drug-likeness (QED) is 0.775. The highest BCUT2D eigenvalue weighted by molar-refractivity contribution is 5.78. The first kappa shape index (κ1) is 18.4. The highest BCUT2D eigenvalue weighted by atomic mass is 16.5. The van der Waals surface area contributed by atoms with Crippen molar-refractivity contribution in [2.75, 3.05) is 26.7 Å². The Morgan fingerprint density at radius 2 is 2.19 bits per heavy atom.